The van der Waals surface area contributed by atoms with Gasteiger partial charge in [-0.1, -0.05) is 29.8 Å². The monoisotopic (exact) mass is 281 g/mol. The molecule has 0 bridgehead atoms. The molecule has 18 heavy (non-hydrogen) atoms. The lowest BCUT2D eigenvalue weighted by Crippen LogP contribution is -2.34. The maximum atomic E-state index is 11.9. The topological polar surface area (TPSA) is 21.3 Å². The Kier molecular flexibility index (Phi) is 5.91. The maximum absolute atomic E-state index is 11.9. The van der Waals surface area contributed by atoms with Gasteiger partial charge in [0.05, 0.1) is 19.3 Å². The number of hydrogen-bond acceptors (Lipinski definition) is 2. The van der Waals surface area contributed by atoms with Crippen LogP contribution in [0.1, 0.15) is 12.5 Å². The van der Waals surface area contributed by atoms with Crippen molar-refractivity contribution in [3.8, 4) is 0 Å². The second-order valence-electron chi connectivity index (χ2n) is 3.96. The summed E-state index contributed by atoms with van der Waals surface area (Å²) in [6, 6.07) is 7.20. The normalized spacial score (nSPS) is 13.6. The first-order valence-electron chi connectivity index (χ1n) is 5.51. The number of benzene rings is 1. The van der Waals surface area contributed by atoms with E-state index in [4.69, 9.17) is 16.3 Å². The first-order valence-corrected chi connectivity index (χ1v) is 5.89. The van der Waals surface area contributed by atoms with Gasteiger partial charge in [0.1, 0.15) is 0 Å². The lowest BCUT2D eigenvalue weighted by molar-refractivity contribution is -0.125. The smallest absolute Gasteiger partial charge is 0.372 e. The molecule has 1 aromatic carbocycles. The molecule has 0 spiro atoms. The average molecular weight is 282 g/mol. The first kappa shape index (κ1) is 15.3. The summed E-state index contributed by atoms with van der Waals surface area (Å²) in [6.45, 7) is 1.13. The van der Waals surface area contributed by atoms with Crippen molar-refractivity contribution < 1.29 is 17.9 Å². The van der Waals surface area contributed by atoms with Crippen LogP contribution in [0.15, 0.2) is 24.3 Å². The van der Waals surface area contributed by atoms with Crippen LogP contribution >= 0.6 is 11.6 Å². The third-order valence-electron chi connectivity index (χ3n) is 2.24. The summed E-state index contributed by atoms with van der Waals surface area (Å²) < 4.78 is 41.1. The minimum Gasteiger partial charge on any atom is -0.372 e. The van der Waals surface area contributed by atoms with Gasteiger partial charge in [-0.25, -0.2) is 0 Å². The highest BCUT2D eigenvalue weighted by Crippen LogP contribution is 2.16. The average Bonchev–Trinajstić information content (AvgIpc) is 2.26. The highest BCUT2D eigenvalue weighted by atomic mass is 35.5. The molecule has 1 rings (SSSR count). The molecule has 0 saturated heterocycles. The van der Waals surface area contributed by atoms with E-state index in [-0.39, 0.29) is 19.3 Å². The van der Waals surface area contributed by atoms with E-state index < -0.39 is 12.7 Å². The highest BCUT2D eigenvalue weighted by Gasteiger charge is 2.26. The molecule has 0 saturated carbocycles. The largest absolute Gasteiger partial charge is 0.401 e. The van der Waals surface area contributed by atoms with Gasteiger partial charge in [0, 0.05) is 11.6 Å². The minimum atomic E-state index is -4.19. The summed E-state index contributed by atoms with van der Waals surface area (Å²) in [7, 11) is 0. The standard InChI is InChI=1S/C12H15ClF3NO/c1-9(6-17-8-12(14,15)16)18-7-10-4-2-3-5-11(10)13/h2-5,9,17H,6-8H2,1H3. The Morgan fingerprint density at radius 1 is 1.33 bits per heavy atom. The van der Waals surface area contributed by atoms with Crippen molar-refractivity contribution in [2.24, 2.45) is 0 Å². The van der Waals surface area contributed by atoms with Crippen LogP contribution in [0.2, 0.25) is 5.02 Å². The molecule has 2 nitrogen and oxygen atoms in total. The van der Waals surface area contributed by atoms with E-state index in [1.54, 1.807) is 19.1 Å². The van der Waals surface area contributed by atoms with E-state index in [1.165, 1.54) is 0 Å². The molecular formula is C12H15ClF3NO. The molecular weight excluding hydrogens is 267 g/mol. The molecule has 0 radical (unpaired) electrons. The molecule has 0 aliphatic rings. The number of alkyl halides is 3. The van der Waals surface area contributed by atoms with Crippen LogP contribution < -0.4 is 5.32 Å². The number of nitrogens with one attached hydrogen (secondary N) is 1. The Hall–Kier alpha value is -0.780. The number of hydrogen-bond donors (Lipinski definition) is 1. The Balaban J connectivity index is 2.25. The summed E-state index contributed by atoms with van der Waals surface area (Å²) in [6.07, 6.45) is -4.51. The second-order valence-corrected chi connectivity index (χ2v) is 4.37. The van der Waals surface area contributed by atoms with Gasteiger partial charge in [-0.15, -0.1) is 0 Å². The fourth-order valence-electron chi connectivity index (χ4n) is 1.32. The second kappa shape index (κ2) is 6.97. The van der Waals surface area contributed by atoms with Crippen LogP contribution in [-0.2, 0) is 11.3 Å². The van der Waals surface area contributed by atoms with E-state index in [1.807, 2.05) is 12.1 Å². The van der Waals surface area contributed by atoms with Crippen molar-refractivity contribution in [3.63, 3.8) is 0 Å². The molecule has 0 amide bonds. The molecule has 0 aromatic heterocycles. The number of halogens is 4. The van der Waals surface area contributed by atoms with Crippen LogP contribution in [-0.4, -0.2) is 25.4 Å². The summed E-state index contributed by atoms with van der Waals surface area (Å²) in [4.78, 5) is 0. The van der Waals surface area contributed by atoms with Crippen LogP contribution in [0.5, 0.6) is 0 Å². The minimum absolute atomic E-state index is 0.143. The number of rotatable bonds is 6. The predicted octanol–water partition coefficient (Wildman–Crippen LogP) is 3.40. The predicted molar refractivity (Wildman–Crippen MR) is 64.6 cm³/mol. The van der Waals surface area contributed by atoms with E-state index in [0.29, 0.717) is 5.02 Å². The van der Waals surface area contributed by atoms with Gasteiger partial charge < -0.3 is 10.1 Å². The molecule has 102 valence electrons. The van der Waals surface area contributed by atoms with Crippen molar-refractivity contribution >= 4 is 11.6 Å². The molecule has 0 fully saturated rings. The zero-order chi connectivity index (χ0) is 13.6. The zero-order valence-electron chi connectivity index (χ0n) is 9.93. The van der Waals surface area contributed by atoms with Crippen molar-refractivity contribution in [2.75, 3.05) is 13.1 Å². The fraction of sp³-hybridized carbons (Fsp3) is 0.500. The van der Waals surface area contributed by atoms with Crippen LogP contribution in [0, 0.1) is 0 Å². The fourth-order valence-corrected chi connectivity index (χ4v) is 1.51. The van der Waals surface area contributed by atoms with Gasteiger partial charge >= 0.3 is 6.18 Å². The van der Waals surface area contributed by atoms with Gasteiger partial charge in [-0.05, 0) is 18.6 Å². The van der Waals surface area contributed by atoms with Crippen molar-refractivity contribution in [3.05, 3.63) is 34.9 Å². The van der Waals surface area contributed by atoms with Crippen LogP contribution in [0.3, 0.4) is 0 Å². The molecule has 1 N–H and O–H groups in total. The lowest BCUT2D eigenvalue weighted by atomic mass is 10.2. The Bertz CT molecular complexity index is 371. The maximum Gasteiger partial charge on any atom is 0.401 e. The van der Waals surface area contributed by atoms with E-state index in [9.17, 15) is 13.2 Å². The van der Waals surface area contributed by atoms with E-state index in [2.05, 4.69) is 5.32 Å². The summed E-state index contributed by atoms with van der Waals surface area (Å²) in [5.74, 6) is 0. The van der Waals surface area contributed by atoms with Crippen molar-refractivity contribution in [1.82, 2.24) is 5.32 Å². The van der Waals surface area contributed by atoms with Gasteiger partial charge in [-0.3, -0.25) is 0 Å². The van der Waals surface area contributed by atoms with Crippen molar-refractivity contribution in [2.45, 2.75) is 25.8 Å². The van der Waals surface area contributed by atoms with Crippen LogP contribution in [0.4, 0.5) is 13.2 Å². The third kappa shape index (κ3) is 6.23. The highest BCUT2D eigenvalue weighted by molar-refractivity contribution is 6.31. The molecule has 0 heterocycles. The first-order chi connectivity index (χ1) is 8.38. The summed E-state index contributed by atoms with van der Waals surface area (Å²) >= 11 is 5.93. The quantitative estimate of drug-likeness (QED) is 0.863. The lowest BCUT2D eigenvalue weighted by Gasteiger charge is -2.15. The Morgan fingerprint density at radius 2 is 2.00 bits per heavy atom. The Morgan fingerprint density at radius 3 is 2.61 bits per heavy atom. The molecule has 1 unspecified atom stereocenters. The van der Waals surface area contributed by atoms with Gasteiger partial charge in [0.2, 0.25) is 0 Å². The van der Waals surface area contributed by atoms with E-state index >= 15 is 0 Å². The number of ether oxygens (including phenoxy) is 1. The summed E-state index contributed by atoms with van der Waals surface area (Å²) in [5.41, 5.74) is 0.821. The zero-order valence-corrected chi connectivity index (χ0v) is 10.7. The van der Waals surface area contributed by atoms with Gasteiger partial charge in [0.15, 0.2) is 0 Å². The van der Waals surface area contributed by atoms with E-state index in [0.717, 1.165) is 5.56 Å². The summed E-state index contributed by atoms with van der Waals surface area (Å²) in [5, 5.41) is 2.88. The SMILES string of the molecule is CC(CNCC(F)(F)F)OCc1ccccc1Cl. The van der Waals surface area contributed by atoms with Gasteiger partial charge in [-0.2, -0.15) is 13.2 Å². The molecule has 0 aliphatic heterocycles. The molecule has 6 heteroatoms. The third-order valence-corrected chi connectivity index (χ3v) is 2.61. The van der Waals surface area contributed by atoms with Crippen molar-refractivity contribution in [1.29, 1.82) is 0 Å². The Labute approximate surface area is 109 Å². The molecule has 1 atom stereocenters. The molecule has 1 aromatic rings. The van der Waals surface area contributed by atoms with Crippen LogP contribution in [0.25, 0.3) is 0 Å². The van der Waals surface area contributed by atoms with Gasteiger partial charge in [0.25, 0.3) is 0 Å². The molecule has 0 aliphatic carbocycles.